The molecule has 0 aliphatic carbocycles. The summed E-state index contributed by atoms with van der Waals surface area (Å²) in [5.41, 5.74) is 3.65. The fraction of sp³-hybridized carbons (Fsp3) is 0.120. The number of amides is 1. The number of para-hydroxylation sites is 2. The van der Waals surface area contributed by atoms with Gasteiger partial charge in [0.25, 0.3) is 5.91 Å². The van der Waals surface area contributed by atoms with Gasteiger partial charge in [-0.1, -0.05) is 53.5 Å². The minimum Gasteiger partial charge on any atom is -0.496 e. The summed E-state index contributed by atoms with van der Waals surface area (Å²) in [6, 6.07) is 18.3. The van der Waals surface area contributed by atoms with Crippen molar-refractivity contribution in [1.29, 1.82) is 0 Å². The quantitative estimate of drug-likeness (QED) is 0.326. The first kappa shape index (κ1) is 23.1. The largest absolute Gasteiger partial charge is 0.496 e. The van der Waals surface area contributed by atoms with Gasteiger partial charge < -0.3 is 14.8 Å². The maximum Gasteiger partial charge on any atom is 0.281 e. The van der Waals surface area contributed by atoms with Crippen molar-refractivity contribution in [1.82, 2.24) is 5.32 Å². The number of halogens is 2. The van der Waals surface area contributed by atoms with Crippen LogP contribution in [0.25, 0.3) is 6.08 Å². The highest BCUT2D eigenvalue weighted by Crippen LogP contribution is 2.34. The van der Waals surface area contributed by atoms with Gasteiger partial charge in [0, 0.05) is 5.56 Å². The van der Waals surface area contributed by atoms with Crippen LogP contribution in [-0.4, -0.2) is 18.1 Å². The zero-order valence-corrected chi connectivity index (χ0v) is 20.2. The Balaban J connectivity index is 1.60. The first-order chi connectivity index (χ1) is 15.9. The molecular weight excluding hydrogens is 479 g/mol. The molecule has 0 atom stereocenters. The van der Waals surface area contributed by atoms with Gasteiger partial charge in [-0.2, -0.15) is 0 Å². The summed E-state index contributed by atoms with van der Waals surface area (Å²) in [5.74, 6) is 0.826. The molecule has 0 unspecified atom stereocenters. The number of hydrogen-bond donors (Lipinski definition) is 1. The molecule has 0 saturated carbocycles. The second-order valence-corrected chi connectivity index (χ2v) is 8.53. The molecule has 1 fully saturated rings. The monoisotopic (exact) mass is 498 g/mol. The van der Waals surface area contributed by atoms with Crippen LogP contribution >= 0.6 is 35.4 Å². The van der Waals surface area contributed by atoms with E-state index >= 15 is 0 Å². The Morgan fingerprint density at radius 2 is 1.79 bits per heavy atom. The molecule has 0 bridgehead atoms. The number of nitrogens with one attached hydrogen (secondary N) is 1. The Kier molecular flexibility index (Phi) is 6.88. The van der Waals surface area contributed by atoms with Crippen molar-refractivity contribution in [3.63, 3.8) is 0 Å². The lowest BCUT2D eigenvalue weighted by Gasteiger charge is -2.16. The van der Waals surface area contributed by atoms with E-state index in [4.69, 9.17) is 44.9 Å². The second kappa shape index (κ2) is 9.83. The van der Waals surface area contributed by atoms with Gasteiger partial charge in [0.15, 0.2) is 10.9 Å². The number of ether oxygens (including phenoxy) is 2. The number of methoxy groups -OCH3 is 1. The van der Waals surface area contributed by atoms with E-state index in [1.165, 1.54) is 4.90 Å². The molecule has 1 heterocycles. The summed E-state index contributed by atoms with van der Waals surface area (Å²) in [6.07, 6.45) is 1.75. The maximum absolute atomic E-state index is 13.1. The molecular formula is C25H20Cl2N2O3S. The summed E-state index contributed by atoms with van der Waals surface area (Å²) >= 11 is 17.8. The summed E-state index contributed by atoms with van der Waals surface area (Å²) in [4.78, 5) is 14.6. The van der Waals surface area contributed by atoms with E-state index in [1.54, 1.807) is 31.4 Å². The van der Waals surface area contributed by atoms with Crippen molar-refractivity contribution in [3.05, 3.63) is 93.1 Å². The number of aryl methyl sites for hydroxylation is 1. The van der Waals surface area contributed by atoms with Crippen LogP contribution in [0.2, 0.25) is 10.0 Å². The predicted octanol–water partition coefficient (Wildman–Crippen LogP) is 6.15. The molecule has 168 valence electrons. The lowest BCUT2D eigenvalue weighted by Crippen LogP contribution is -2.30. The zero-order chi connectivity index (χ0) is 23.5. The highest BCUT2D eigenvalue weighted by atomic mass is 35.5. The topological polar surface area (TPSA) is 50.8 Å². The van der Waals surface area contributed by atoms with E-state index < -0.39 is 0 Å². The third-order valence-electron chi connectivity index (χ3n) is 5.14. The van der Waals surface area contributed by atoms with Gasteiger partial charge in [-0.3, -0.25) is 9.69 Å². The first-order valence-corrected chi connectivity index (χ1v) is 11.2. The van der Waals surface area contributed by atoms with Crippen LogP contribution < -0.4 is 19.7 Å². The fourth-order valence-corrected chi connectivity index (χ4v) is 4.30. The van der Waals surface area contributed by atoms with Gasteiger partial charge in [0.1, 0.15) is 18.1 Å². The molecule has 8 heteroatoms. The molecule has 1 aliphatic heterocycles. The molecule has 1 aliphatic rings. The molecule has 3 aromatic carbocycles. The average molecular weight is 499 g/mol. The van der Waals surface area contributed by atoms with Crippen LogP contribution in [0, 0.1) is 6.92 Å². The summed E-state index contributed by atoms with van der Waals surface area (Å²) in [7, 11) is 1.58. The van der Waals surface area contributed by atoms with E-state index in [1.807, 2.05) is 49.4 Å². The van der Waals surface area contributed by atoms with Gasteiger partial charge in [-0.25, -0.2) is 0 Å². The Bertz CT molecular complexity index is 1260. The molecule has 1 N–H and O–H groups in total. The molecule has 3 aromatic rings. The van der Waals surface area contributed by atoms with E-state index in [9.17, 15) is 4.79 Å². The molecule has 1 saturated heterocycles. The van der Waals surface area contributed by atoms with E-state index in [0.29, 0.717) is 32.4 Å². The standard InChI is InChI=1S/C25H20Cl2N2O3S/c1-15-6-3-4-9-21(15)29-24(30)20(28-25(29)33)13-16-10-11-22(31-2)17(12-16)14-32-23-18(26)7-5-8-19(23)27/h3-13H,14H2,1-2H3,(H,28,33)/b20-13+. The van der Waals surface area contributed by atoms with Gasteiger partial charge in [0.2, 0.25) is 0 Å². The molecule has 4 rings (SSSR count). The Labute approximate surface area is 207 Å². The third kappa shape index (κ3) is 4.83. The van der Waals surface area contributed by atoms with Gasteiger partial charge >= 0.3 is 0 Å². The Morgan fingerprint density at radius 1 is 1.06 bits per heavy atom. The van der Waals surface area contributed by atoms with Crippen molar-refractivity contribution >= 4 is 58.2 Å². The van der Waals surface area contributed by atoms with E-state index in [0.717, 1.165) is 22.4 Å². The maximum atomic E-state index is 13.1. The number of carbonyl (C=O) groups is 1. The highest BCUT2D eigenvalue weighted by Gasteiger charge is 2.32. The van der Waals surface area contributed by atoms with Crippen molar-refractivity contribution in [2.24, 2.45) is 0 Å². The van der Waals surface area contributed by atoms with Crippen LogP contribution in [-0.2, 0) is 11.4 Å². The molecule has 1 amide bonds. The lowest BCUT2D eigenvalue weighted by atomic mass is 10.1. The number of anilines is 1. The average Bonchev–Trinajstić information content (AvgIpc) is 3.06. The fourth-order valence-electron chi connectivity index (χ4n) is 3.51. The third-order valence-corrected chi connectivity index (χ3v) is 6.02. The number of nitrogens with zero attached hydrogens (tertiary/aromatic N) is 1. The SMILES string of the molecule is COc1ccc(/C=C2/NC(=S)N(c3ccccc3C)C2=O)cc1COc1c(Cl)cccc1Cl. The van der Waals surface area contributed by atoms with Crippen LogP contribution in [0.1, 0.15) is 16.7 Å². The van der Waals surface area contributed by atoms with Crippen LogP contribution in [0.5, 0.6) is 11.5 Å². The van der Waals surface area contributed by atoms with Crippen LogP contribution in [0.15, 0.2) is 66.4 Å². The minimum atomic E-state index is -0.217. The van der Waals surface area contributed by atoms with Crippen molar-refractivity contribution < 1.29 is 14.3 Å². The van der Waals surface area contributed by atoms with E-state index in [2.05, 4.69) is 5.32 Å². The normalized spacial score (nSPS) is 14.5. The van der Waals surface area contributed by atoms with E-state index in [-0.39, 0.29) is 12.5 Å². The number of thiocarbonyl (C=S) groups is 1. The molecule has 0 aromatic heterocycles. The van der Waals surface area contributed by atoms with Crippen LogP contribution in [0.3, 0.4) is 0 Å². The number of rotatable bonds is 6. The van der Waals surface area contributed by atoms with Crippen molar-refractivity contribution in [2.45, 2.75) is 13.5 Å². The Hall–Kier alpha value is -3.06. The number of hydrogen-bond acceptors (Lipinski definition) is 4. The number of benzene rings is 3. The molecule has 0 radical (unpaired) electrons. The van der Waals surface area contributed by atoms with Crippen molar-refractivity contribution in [2.75, 3.05) is 12.0 Å². The summed E-state index contributed by atoms with van der Waals surface area (Å²) in [5, 5.41) is 4.20. The lowest BCUT2D eigenvalue weighted by molar-refractivity contribution is -0.113. The molecule has 0 spiro atoms. The van der Waals surface area contributed by atoms with Gasteiger partial charge in [-0.15, -0.1) is 0 Å². The van der Waals surface area contributed by atoms with Gasteiger partial charge in [0.05, 0.1) is 22.8 Å². The minimum absolute atomic E-state index is 0.179. The predicted molar refractivity (Wildman–Crippen MR) is 136 cm³/mol. The summed E-state index contributed by atoms with van der Waals surface area (Å²) < 4.78 is 11.3. The van der Waals surface area contributed by atoms with Crippen molar-refractivity contribution in [3.8, 4) is 11.5 Å². The summed E-state index contributed by atoms with van der Waals surface area (Å²) in [6.45, 7) is 2.12. The smallest absolute Gasteiger partial charge is 0.281 e. The van der Waals surface area contributed by atoms with Crippen LogP contribution in [0.4, 0.5) is 5.69 Å². The highest BCUT2D eigenvalue weighted by molar-refractivity contribution is 7.80. The first-order valence-electron chi connectivity index (χ1n) is 10.1. The second-order valence-electron chi connectivity index (χ2n) is 7.33. The number of carbonyl (C=O) groups excluding carboxylic acids is 1. The Morgan fingerprint density at radius 3 is 2.48 bits per heavy atom. The molecule has 33 heavy (non-hydrogen) atoms. The zero-order valence-electron chi connectivity index (χ0n) is 17.9. The molecule has 5 nitrogen and oxygen atoms in total. The van der Waals surface area contributed by atoms with Gasteiger partial charge in [-0.05, 0) is 66.7 Å².